The molecule has 0 aliphatic carbocycles. The summed E-state index contributed by atoms with van der Waals surface area (Å²) in [5, 5.41) is 1.48. The van der Waals surface area contributed by atoms with Crippen LogP contribution < -0.4 is 9.69 Å². The Morgan fingerprint density at radius 2 is 2.09 bits per heavy atom. The fourth-order valence-corrected chi connectivity index (χ4v) is 2.82. The SMILES string of the molecule is CCOC(=O)CC(=O)N(Cc1c[n]([Tl])cn1)[n+]1ccccc1. The van der Waals surface area contributed by atoms with Crippen molar-refractivity contribution in [3.8, 4) is 0 Å². The minimum absolute atomic E-state index is 0.260. The number of ether oxygens (including phenoxy) is 1. The van der Waals surface area contributed by atoms with Gasteiger partial charge in [0.05, 0.1) is 0 Å². The van der Waals surface area contributed by atoms with Gasteiger partial charge in [-0.25, -0.2) is 0 Å². The fraction of sp³-hybridized carbons (Fsp3) is 0.286. The topological polar surface area (TPSA) is 68.3 Å². The number of rotatable bonds is 6. The molecule has 8 heteroatoms. The summed E-state index contributed by atoms with van der Waals surface area (Å²) < 4.78 is 8.46. The van der Waals surface area contributed by atoms with Gasteiger partial charge in [0.25, 0.3) is 0 Å². The molecule has 0 fully saturated rings. The molecule has 0 saturated carbocycles. The Morgan fingerprint density at radius 1 is 1.36 bits per heavy atom. The summed E-state index contributed by atoms with van der Waals surface area (Å²) in [6.45, 7) is 2.27. The van der Waals surface area contributed by atoms with Gasteiger partial charge in [-0.15, -0.1) is 0 Å². The zero-order chi connectivity index (χ0) is 15.9. The van der Waals surface area contributed by atoms with Gasteiger partial charge in [0.15, 0.2) is 0 Å². The molecule has 0 bridgehead atoms. The van der Waals surface area contributed by atoms with Crippen molar-refractivity contribution >= 4 is 37.9 Å². The van der Waals surface area contributed by atoms with E-state index >= 15 is 0 Å². The summed E-state index contributed by atoms with van der Waals surface area (Å²) in [4.78, 5) is 28.2. The summed E-state index contributed by atoms with van der Waals surface area (Å²) >= 11 is 0.624. The van der Waals surface area contributed by atoms with E-state index in [0.29, 0.717) is 32.6 Å². The van der Waals surface area contributed by atoms with Crippen LogP contribution in [0.5, 0.6) is 0 Å². The Kier molecular flexibility index (Phi) is 6.04. The number of carbonyl (C=O) groups is 2. The molecule has 0 atom stereocenters. The summed E-state index contributed by atoms with van der Waals surface area (Å²) in [6.07, 6.45) is 6.85. The van der Waals surface area contributed by atoms with Gasteiger partial charge in [-0.05, 0) is 0 Å². The van der Waals surface area contributed by atoms with Gasteiger partial charge in [-0.3, -0.25) is 0 Å². The van der Waals surface area contributed by atoms with E-state index in [0.717, 1.165) is 5.69 Å². The van der Waals surface area contributed by atoms with Crippen LogP contribution in [0.25, 0.3) is 0 Å². The molecule has 0 aliphatic heterocycles. The van der Waals surface area contributed by atoms with Gasteiger partial charge < -0.3 is 0 Å². The third-order valence-corrected chi connectivity index (χ3v) is 3.93. The normalized spacial score (nSPS) is 10.2. The summed E-state index contributed by atoms with van der Waals surface area (Å²) in [6, 6.07) is 5.49. The number of carbonyl (C=O) groups excluding carboxylic acids is 2. The Labute approximate surface area is 144 Å². The molecule has 2 heterocycles. The van der Waals surface area contributed by atoms with E-state index in [1.807, 2.05) is 26.8 Å². The fourth-order valence-electron chi connectivity index (χ4n) is 1.89. The molecule has 0 radical (unpaired) electrons. The van der Waals surface area contributed by atoms with Gasteiger partial charge in [-0.1, -0.05) is 0 Å². The summed E-state index contributed by atoms with van der Waals surface area (Å²) in [5.41, 5.74) is 0.774. The van der Waals surface area contributed by atoms with Crippen LogP contribution in [0.2, 0.25) is 0 Å². The summed E-state index contributed by atoms with van der Waals surface area (Å²) in [5.74, 6) is -0.857. The van der Waals surface area contributed by atoms with Crippen LogP contribution >= 0.6 is 0 Å². The van der Waals surface area contributed by atoms with Gasteiger partial charge in [0.2, 0.25) is 0 Å². The van der Waals surface area contributed by atoms with E-state index in [1.165, 1.54) is 5.01 Å². The summed E-state index contributed by atoms with van der Waals surface area (Å²) in [7, 11) is 0. The standard InChI is InChI=1S/C14H16N4O3.Tl/c1-2-21-14(20)8-13(19)18(10-12-9-15-11-16-12)17-6-4-3-5-7-17;/h3-7,9,11H,2,8,10H2,1H3;/q;+1. The van der Waals surface area contributed by atoms with E-state index in [2.05, 4.69) is 4.98 Å². The maximum atomic E-state index is 12.4. The maximum absolute atomic E-state index is 12.4. The molecule has 22 heavy (non-hydrogen) atoms. The van der Waals surface area contributed by atoms with Gasteiger partial charge >= 0.3 is 145 Å². The van der Waals surface area contributed by atoms with Crippen LogP contribution in [-0.4, -0.2) is 51.9 Å². The molecule has 0 unspecified atom stereocenters. The van der Waals surface area contributed by atoms with E-state index in [9.17, 15) is 9.59 Å². The first-order valence-corrected chi connectivity index (χ1v) is 8.81. The van der Waals surface area contributed by atoms with E-state index in [-0.39, 0.29) is 18.9 Å². The third-order valence-electron chi connectivity index (χ3n) is 2.83. The van der Waals surface area contributed by atoms with Crippen LogP contribution in [0.4, 0.5) is 0 Å². The number of nitrogens with zero attached hydrogens (tertiary/aromatic N) is 4. The van der Waals surface area contributed by atoms with Crippen molar-refractivity contribution in [3.05, 3.63) is 48.8 Å². The number of pyridine rings is 1. The van der Waals surface area contributed by atoms with Crippen LogP contribution in [0.1, 0.15) is 19.0 Å². The molecule has 7 nitrogen and oxygen atoms in total. The van der Waals surface area contributed by atoms with Crippen LogP contribution in [0.15, 0.2) is 43.1 Å². The Morgan fingerprint density at radius 3 is 2.68 bits per heavy atom. The number of hydrogen-bond acceptors (Lipinski definition) is 4. The van der Waals surface area contributed by atoms with Gasteiger partial charge in [-0.2, -0.15) is 0 Å². The average molecular weight is 493 g/mol. The zero-order valence-electron chi connectivity index (χ0n) is 12.3. The molecule has 0 saturated heterocycles. The number of imidazole rings is 1. The molecule has 0 spiro atoms. The second kappa shape index (κ2) is 8.01. The van der Waals surface area contributed by atoms with Crippen LogP contribution in [0.3, 0.4) is 0 Å². The van der Waals surface area contributed by atoms with Crippen molar-refractivity contribution in [2.24, 2.45) is 0 Å². The molecule has 112 valence electrons. The van der Waals surface area contributed by atoms with Gasteiger partial charge in [0, 0.05) is 0 Å². The first kappa shape index (κ1) is 16.6. The molecule has 0 aliphatic rings. The van der Waals surface area contributed by atoms with Crippen molar-refractivity contribution in [1.82, 2.24) is 7.36 Å². The van der Waals surface area contributed by atoms with E-state index in [4.69, 9.17) is 4.74 Å². The predicted molar refractivity (Wildman–Crippen MR) is 78.2 cm³/mol. The quantitative estimate of drug-likeness (QED) is 0.241. The second-order valence-corrected chi connectivity index (χ2v) is 6.82. The van der Waals surface area contributed by atoms with Crippen molar-refractivity contribution in [1.29, 1.82) is 0 Å². The van der Waals surface area contributed by atoms with Gasteiger partial charge in [0.1, 0.15) is 0 Å². The first-order valence-electron chi connectivity index (χ1n) is 6.80. The zero-order valence-corrected chi connectivity index (χ0v) is 16.7. The number of esters is 1. The molecular formula is C14H16N4O3Tl+. The second-order valence-electron chi connectivity index (χ2n) is 4.50. The van der Waals surface area contributed by atoms with Crippen LogP contribution in [-0.2, 0) is 20.9 Å². The monoisotopic (exact) mass is 493 g/mol. The van der Waals surface area contributed by atoms with Crippen molar-refractivity contribution in [2.45, 2.75) is 19.9 Å². The van der Waals surface area contributed by atoms with Crippen LogP contribution in [0, 0.1) is 0 Å². The minimum atomic E-state index is -0.524. The molecule has 2 rings (SSSR count). The third kappa shape index (κ3) is 4.61. The van der Waals surface area contributed by atoms with Crippen molar-refractivity contribution in [2.75, 3.05) is 11.6 Å². The Bertz CT molecular complexity index is 645. The first-order chi connectivity index (χ1) is 10.6. The number of hydrogen-bond donors (Lipinski definition) is 0. The Hall–Kier alpha value is -1.78. The molecule has 2 aromatic heterocycles. The number of amides is 1. The molecule has 0 N–H and O–H groups in total. The van der Waals surface area contributed by atoms with E-state index < -0.39 is 5.97 Å². The molecule has 1 amide bonds. The van der Waals surface area contributed by atoms with E-state index in [1.54, 1.807) is 30.3 Å². The van der Waals surface area contributed by atoms with Crippen molar-refractivity contribution in [3.63, 3.8) is 0 Å². The average Bonchev–Trinajstić information content (AvgIpc) is 2.91. The molecular weight excluding hydrogens is 477 g/mol. The predicted octanol–water partition coefficient (Wildman–Crippen LogP) is -0.280. The molecule has 2 aromatic rings. The van der Waals surface area contributed by atoms with Crippen molar-refractivity contribution < 1.29 is 19.0 Å². The molecule has 0 aromatic carbocycles. The number of aromatic nitrogens is 3. The Balaban J connectivity index is 2.18.